The van der Waals surface area contributed by atoms with Gasteiger partial charge in [-0.1, -0.05) is 30.3 Å². The Morgan fingerprint density at radius 2 is 1.62 bits per heavy atom. The molecule has 0 heterocycles. The number of nitrogens with one attached hydrogen (secondary N) is 1. The van der Waals surface area contributed by atoms with Crippen LogP contribution in [0.2, 0.25) is 0 Å². The molecular weight excluding hydrogens is 326 g/mol. The molecule has 24 heavy (non-hydrogen) atoms. The Hall–Kier alpha value is -2.22. The van der Waals surface area contributed by atoms with E-state index >= 15 is 0 Å². The summed E-state index contributed by atoms with van der Waals surface area (Å²) in [7, 11) is -3.73. The maximum absolute atomic E-state index is 12.3. The van der Waals surface area contributed by atoms with Crippen molar-refractivity contribution in [3.8, 4) is 0 Å². The zero-order chi connectivity index (χ0) is 17.7. The maximum Gasteiger partial charge on any atom is 0.282 e. The van der Waals surface area contributed by atoms with Crippen LogP contribution in [0.4, 0.5) is 5.69 Å². The molecule has 2 aromatic rings. The summed E-state index contributed by atoms with van der Waals surface area (Å²) < 4.78 is 22.4. The molecule has 7 heteroatoms. The fraction of sp³-hybridized carbons (Fsp3) is 0.235. The third kappa shape index (κ3) is 4.89. The van der Waals surface area contributed by atoms with Gasteiger partial charge in [-0.2, -0.15) is 0 Å². The highest BCUT2D eigenvalue weighted by Crippen LogP contribution is 2.13. The van der Waals surface area contributed by atoms with Gasteiger partial charge in [0.1, 0.15) is 6.04 Å². The minimum atomic E-state index is -3.73. The van der Waals surface area contributed by atoms with Crippen LogP contribution in [0.5, 0.6) is 0 Å². The van der Waals surface area contributed by atoms with Crippen molar-refractivity contribution < 1.29 is 18.5 Å². The van der Waals surface area contributed by atoms with Crippen LogP contribution < -0.4 is 15.8 Å². The second kappa shape index (κ2) is 7.57. The van der Waals surface area contributed by atoms with Crippen LogP contribution >= 0.6 is 0 Å². The Balaban J connectivity index is 1.96. The molecule has 0 aromatic heterocycles. The molecule has 2 aromatic carbocycles. The lowest BCUT2D eigenvalue weighted by Crippen LogP contribution is -2.91. The SMILES string of the molecule is C[C@H]([NH2+][C@@H](C)c1ccccc1)C(=O)Nc1ccc(S(N)(=O)=O)cc1. The molecule has 0 fully saturated rings. The molecule has 1 amide bonds. The molecule has 0 unspecified atom stereocenters. The van der Waals surface area contributed by atoms with E-state index in [2.05, 4.69) is 5.32 Å². The fourth-order valence-electron chi connectivity index (χ4n) is 2.37. The van der Waals surface area contributed by atoms with E-state index in [1.807, 2.05) is 49.5 Å². The minimum absolute atomic E-state index is 0.0119. The highest BCUT2D eigenvalue weighted by atomic mass is 32.2. The van der Waals surface area contributed by atoms with Crippen molar-refractivity contribution in [1.29, 1.82) is 0 Å². The Labute approximate surface area is 142 Å². The van der Waals surface area contributed by atoms with Crippen molar-refractivity contribution >= 4 is 21.6 Å². The van der Waals surface area contributed by atoms with Crippen LogP contribution in [0.25, 0.3) is 0 Å². The van der Waals surface area contributed by atoms with Gasteiger partial charge in [0.2, 0.25) is 10.0 Å². The van der Waals surface area contributed by atoms with Crippen LogP contribution in [0, 0.1) is 0 Å². The molecule has 6 nitrogen and oxygen atoms in total. The number of rotatable bonds is 6. The molecular formula is C17H22N3O3S+. The summed E-state index contributed by atoms with van der Waals surface area (Å²) >= 11 is 0. The molecule has 0 bridgehead atoms. The van der Waals surface area contributed by atoms with Crippen molar-refractivity contribution in [2.24, 2.45) is 5.14 Å². The molecule has 2 rings (SSSR count). The third-order valence-corrected chi connectivity index (χ3v) is 4.70. The lowest BCUT2D eigenvalue weighted by Gasteiger charge is -2.17. The first-order chi connectivity index (χ1) is 11.3. The number of hydrogen-bond acceptors (Lipinski definition) is 3. The lowest BCUT2D eigenvalue weighted by atomic mass is 10.1. The Bertz CT molecular complexity index is 790. The number of anilines is 1. The molecule has 0 radical (unpaired) electrons. The number of hydrogen-bond donors (Lipinski definition) is 3. The molecule has 0 aliphatic carbocycles. The van der Waals surface area contributed by atoms with Gasteiger partial charge in [-0.25, -0.2) is 13.6 Å². The molecule has 0 saturated carbocycles. The third-order valence-electron chi connectivity index (χ3n) is 3.77. The second-order valence-corrected chi connectivity index (χ2v) is 7.30. The van der Waals surface area contributed by atoms with Crippen molar-refractivity contribution in [2.75, 3.05) is 5.32 Å². The van der Waals surface area contributed by atoms with Crippen LogP contribution in [-0.2, 0) is 14.8 Å². The molecule has 0 aliphatic heterocycles. The monoisotopic (exact) mass is 348 g/mol. The van der Waals surface area contributed by atoms with Crippen LogP contribution in [-0.4, -0.2) is 20.4 Å². The lowest BCUT2D eigenvalue weighted by molar-refractivity contribution is -0.709. The van der Waals surface area contributed by atoms with E-state index in [-0.39, 0.29) is 22.9 Å². The molecule has 5 N–H and O–H groups in total. The van der Waals surface area contributed by atoms with E-state index in [4.69, 9.17) is 5.14 Å². The number of quaternary nitrogens is 1. The van der Waals surface area contributed by atoms with Crippen LogP contribution in [0.1, 0.15) is 25.5 Å². The second-order valence-electron chi connectivity index (χ2n) is 5.74. The van der Waals surface area contributed by atoms with Gasteiger partial charge in [-0.3, -0.25) is 4.79 Å². The zero-order valence-electron chi connectivity index (χ0n) is 13.6. The number of nitrogens with two attached hydrogens (primary N) is 2. The number of carbonyl (C=O) groups is 1. The topological polar surface area (TPSA) is 106 Å². The molecule has 0 saturated heterocycles. The van der Waals surface area contributed by atoms with E-state index in [0.29, 0.717) is 5.69 Å². The summed E-state index contributed by atoms with van der Waals surface area (Å²) in [5.74, 6) is -0.152. The first kappa shape index (κ1) is 18.1. The smallest absolute Gasteiger partial charge is 0.282 e. The average molecular weight is 348 g/mol. The minimum Gasteiger partial charge on any atom is -0.330 e. The predicted molar refractivity (Wildman–Crippen MR) is 92.7 cm³/mol. The number of sulfonamides is 1. The van der Waals surface area contributed by atoms with Gasteiger partial charge in [0, 0.05) is 11.3 Å². The van der Waals surface area contributed by atoms with Crippen LogP contribution in [0.15, 0.2) is 59.5 Å². The summed E-state index contributed by atoms with van der Waals surface area (Å²) in [5, 5.41) is 9.79. The quantitative estimate of drug-likeness (QED) is 0.724. The van der Waals surface area contributed by atoms with Crippen molar-refractivity contribution in [1.82, 2.24) is 0 Å². The van der Waals surface area contributed by atoms with E-state index < -0.39 is 10.0 Å². The van der Waals surface area contributed by atoms with E-state index in [1.54, 1.807) is 0 Å². The predicted octanol–water partition coefficient (Wildman–Crippen LogP) is 0.986. The number of benzene rings is 2. The molecule has 0 spiro atoms. The van der Waals surface area contributed by atoms with Crippen molar-refractivity contribution in [3.05, 3.63) is 60.2 Å². The van der Waals surface area contributed by atoms with Gasteiger partial charge in [-0.15, -0.1) is 0 Å². The van der Waals surface area contributed by atoms with Gasteiger partial charge in [-0.05, 0) is 38.1 Å². The summed E-state index contributed by atoms with van der Waals surface area (Å²) in [6, 6.07) is 15.6. The number of amides is 1. The summed E-state index contributed by atoms with van der Waals surface area (Å²) in [4.78, 5) is 12.3. The van der Waals surface area contributed by atoms with Crippen molar-refractivity contribution in [2.45, 2.75) is 30.8 Å². The van der Waals surface area contributed by atoms with Gasteiger partial charge >= 0.3 is 0 Å². The highest BCUT2D eigenvalue weighted by Gasteiger charge is 2.20. The average Bonchev–Trinajstić information content (AvgIpc) is 2.55. The first-order valence-corrected chi connectivity index (χ1v) is 9.15. The normalized spacial score (nSPS) is 14.0. The van der Waals surface area contributed by atoms with E-state index in [0.717, 1.165) is 5.56 Å². The molecule has 2 atom stereocenters. The van der Waals surface area contributed by atoms with Gasteiger partial charge in [0.05, 0.1) is 4.90 Å². The summed E-state index contributed by atoms with van der Waals surface area (Å²) in [6.45, 7) is 3.87. The van der Waals surface area contributed by atoms with E-state index in [1.165, 1.54) is 24.3 Å². The Morgan fingerprint density at radius 1 is 1.04 bits per heavy atom. The van der Waals surface area contributed by atoms with Gasteiger partial charge in [0.15, 0.2) is 6.04 Å². The first-order valence-electron chi connectivity index (χ1n) is 7.61. The molecule has 128 valence electrons. The van der Waals surface area contributed by atoms with Crippen LogP contribution in [0.3, 0.4) is 0 Å². The summed E-state index contributed by atoms with van der Waals surface area (Å²) in [5.41, 5.74) is 1.68. The van der Waals surface area contributed by atoms with Gasteiger partial charge < -0.3 is 10.6 Å². The van der Waals surface area contributed by atoms with Crippen molar-refractivity contribution in [3.63, 3.8) is 0 Å². The zero-order valence-corrected chi connectivity index (χ0v) is 14.5. The Kier molecular flexibility index (Phi) is 5.71. The fourth-order valence-corrected chi connectivity index (χ4v) is 2.89. The summed E-state index contributed by atoms with van der Waals surface area (Å²) in [6.07, 6.45) is 0. The highest BCUT2D eigenvalue weighted by molar-refractivity contribution is 7.89. The number of carbonyl (C=O) groups excluding carboxylic acids is 1. The largest absolute Gasteiger partial charge is 0.330 e. The standard InChI is InChI=1S/C17H21N3O3S/c1-12(14-6-4-3-5-7-14)19-13(2)17(21)20-15-8-10-16(11-9-15)24(18,22)23/h3-13,19H,1-2H3,(H,20,21)(H2,18,22,23)/p+1/t12-,13-/m0/s1. The molecule has 0 aliphatic rings. The Morgan fingerprint density at radius 3 is 2.17 bits per heavy atom. The maximum atomic E-state index is 12.3. The van der Waals surface area contributed by atoms with Gasteiger partial charge in [0.25, 0.3) is 5.91 Å². The van der Waals surface area contributed by atoms with E-state index in [9.17, 15) is 13.2 Å². The number of primary sulfonamides is 1.